The van der Waals surface area contributed by atoms with Gasteiger partial charge >= 0.3 is 30.4 Å². The Morgan fingerprint density at radius 2 is 0.667 bits per heavy atom. The van der Waals surface area contributed by atoms with Crippen LogP contribution in [0.4, 0.5) is 0 Å². The second-order valence-corrected chi connectivity index (χ2v) is 11.9. The molecule has 0 atom stereocenters. The second kappa shape index (κ2) is 5.55. The average Bonchev–Trinajstić information content (AvgIpc) is 2.09. The van der Waals surface area contributed by atoms with E-state index in [4.69, 9.17) is 39.1 Å². The van der Waals surface area contributed by atoms with Gasteiger partial charge in [0.25, 0.3) is 10.2 Å². The summed E-state index contributed by atoms with van der Waals surface area (Å²) in [4.78, 5) is 69.8. The van der Waals surface area contributed by atoms with Gasteiger partial charge in [-0.1, -0.05) is 0 Å². The van der Waals surface area contributed by atoms with Crippen molar-refractivity contribution in [3.63, 3.8) is 0 Å². The van der Waals surface area contributed by atoms with E-state index in [2.05, 4.69) is 0 Å². The minimum Gasteiger partial charge on any atom is -0.367 e. The highest BCUT2D eigenvalue weighted by atomic mass is 31.2. The van der Waals surface area contributed by atoms with Gasteiger partial charge in [-0.2, -0.15) is 0 Å². The van der Waals surface area contributed by atoms with E-state index in [0.717, 1.165) is 0 Å². The minimum absolute atomic E-state index is 2.69. The van der Waals surface area contributed by atoms with Gasteiger partial charge in [-0.25, -0.2) is 0 Å². The Labute approximate surface area is 115 Å². The van der Waals surface area contributed by atoms with Crippen molar-refractivity contribution in [1.29, 1.82) is 0 Å². The SMILES string of the molecule is O=P(O)(O)C(O)(CC(O)(P(=O)(O)O)P(=O)(O)O)P(=O)(O)O. The molecular weight excluding hydrogens is 384 g/mol. The first kappa shape index (κ1) is 21.5. The maximum atomic E-state index is 11.0. The van der Waals surface area contributed by atoms with Crippen LogP contribution in [0.5, 0.6) is 0 Å². The number of aliphatic hydroxyl groups is 2. The molecule has 0 rings (SSSR count). The van der Waals surface area contributed by atoms with Gasteiger partial charge in [0.15, 0.2) is 0 Å². The van der Waals surface area contributed by atoms with Gasteiger partial charge in [0.1, 0.15) is 0 Å². The molecule has 0 saturated heterocycles. The zero-order valence-electron chi connectivity index (χ0n) is 9.60. The van der Waals surface area contributed by atoms with Gasteiger partial charge in [0.05, 0.1) is 6.42 Å². The Balaban J connectivity index is 6.43. The highest BCUT2D eigenvalue weighted by molar-refractivity contribution is 7.74. The summed E-state index contributed by atoms with van der Waals surface area (Å²) >= 11 is 0. The molecular formula is C3H12O14P4. The highest BCUT2D eigenvalue weighted by Crippen LogP contribution is 2.77. The van der Waals surface area contributed by atoms with Crippen LogP contribution in [0.25, 0.3) is 0 Å². The number of rotatable bonds is 6. The summed E-state index contributed by atoms with van der Waals surface area (Å²) in [5.41, 5.74) is 0. The Morgan fingerprint density at radius 1 is 0.524 bits per heavy atom. The van der Waals surface area contributed by atoms with Crippen LogP contribution < -0.4 is 0 Å². The minimum atomic E-state index is -6.30. The normalized spacial score (nSPS) is 16.1. The summed E-state index contributed by atoms with van der Waals surface area (Å²) in [6.07, 6.45) is -2.69. The average molecular weight is 396 g/mol. The lowest BCUT2D eigenvalue weighted by atomic mass is 10.5. The molecule has 128 valence electrons. The van der Waals surface area contributed by atoms with Crippen molar-refractivity contribution in [3.05, 3.63) is 0 Å². The van der Waals surface area contributed by atoms with Gasteiger partial charge in [0.2, 0.25) is 0 Å². The summed E-state index contributed by atoms with van der Waals surface area (Å²) in [6.45, 7) is 0. The molecule has 14 nitrogen and oxygen atoms in total. The number of hydrogen-bond acceptors (Lipinski definition) is 6. The van der Waals surface area contributed by atoms with Crippen molar-refractivity contribution in [2.24, 2.45) is 0 Å². The van der Waals surface area contributed by atoms with E-state index in [1.54, 1.807) is 0 Å². The maximum absolute atomic E-state index is 11.0. The fourth-order valence-electron chi connectivity index (χ4n) is 1.07. The van der Waals surface area contributed by atoms with Crippen LogP contribution in [0, 0.1) is 0 Å². The standard InChI is InChI=1S/C3H12O14P4/c4-2(18(6,7)8,19(9,10)11)1-3(5,20(12,13)14)21(15,16)17/h4-5H,1H2,(H2,6,7,8)(H2,9,10,11)(H2,12,13,14)(H2,15,16,17). The zero-order chi connectivity index (χ0) is 17.7. The molecule has 21 heavy (non-hydrogen) atoms. The first-order chi connectivity index (χ1) is 8.71. The van der Waals surface area contributed by atoms with Crippen molar-refractivity contribution in [1.82, 2.24) is 0 Å². The molecule has 0 aromatic rings. The molecule has 0 bridgehead atoms. The summed E-state index contributed by atoms with van der Waals surface area (Å²) in [6, 6.07) is 0. The van der Waals surface area contributed by atoms with Crippen molar-refractivity contribution < 1.29 is 67.6 Å². The molecule has 0 aliphatic rings. The second-order valence-electron chi connectivity index (χ2n) is 3.90. The zero-order valence-corrected chi connectivity index (χ0v) is 13.2. The van der Waals surface area contributed by atoms with Crippen molar-refractivity contribution in [3.8, 4) is 0 Å². The van der Waals surface area contributed by atoms with Crippen LogP contribution in [-0.4, -0.2) is 59.5 Å². The molecule has 0 aromatic carbocycles. The summed E-state index contributed by atoms with van der Waals surface area (Å²) in [7, 11) is -25.2. The summed E-state index contributed by atoms with van der Waals surface area (Å²) in [5, 5.41) is 9.49. The Morgan fingerprint density at radius 3 is 0.762 bits per heavy atom. The van der Waals surface area contributed by atoms with Crippen LogP contribution in [0.15, 0.2) is 0 Å². The summed E-state index contributed by atoms with van der Waals surface area (Å²) < 4.78 is 43.9. The molecule has 0 aliphatic carbocycles. The van der Waals surface area contributed by atoms with E-state index in [1.165, 1.54) is 0 Å². The van der Waals surface area contributed by atoms with E-state index in [0.29, 0.717) is 0 Å². The molecule has 0 aliphatic heterocycles. The lowest BCUT2D eigenvalue weighted by Gasteiger charge is -2.37. The van der Waals surface area contributed by atoms with E-state index in [1.807, 2.05) is 0 Å². The summed E-state index contributed by atoms with van der Waals surface area (Å²) in [5.74, 6) is 0. The first-order valence-electron chi connectivity index (χ1n) is 4.38. The molecule has 10 N–H and O–H groups in total. The van der Waals surface area contributed by atoms with Gasteiger partial charge in [-0.15, -0.1) is 0 Å². The highest BCUT2D eigenvalue weighted by Gasteiger charge is 2.71. The molecule has 0 amide bonds. The molecule has 0 fully saturated rings. The van der Waals surface area contributed by atoms with Crippen LogP contribution in [0.1, 0.15) is 6.42 Å². The smallest absolute Gasteiger partial charge is 0.367 e. The van der Waals surface area contributed by atoms with Crippen LogP contribution in [0.2, 0.25) is 0 Å². The van der Waals surface area contributed by atoms with E-state index in [9.17, 15) is 28.5 Å². The van der Waals surface area contributed by atoms with Crippen LogP contribution >= 0.6 is 30.4 Å². The van der Waals surface area contributed by atoms with Gasteiger partial charge in [-0.05, 0) is 0 Å². The van der Waals surface area contributed by atoms with Crippen molar-refractivity contribution >= 4 is 30.4 Å². The Hall–Kier alpha value is 0.520. The molecule has 0 saturated carbocycles. The molecule has 0 radical (unpaired) electrons. The van der Waals surface area contributed by atoms with Gasteiger partial charge in [0, 0.05) is 0 Å². The predicted octanol–water partition coefficient (Wildman–Crippen LogP) is -2.62. The van der Waals surface area contributed by atoms with Crippen molar-refractivity contribution in [2.75, 3.05) is 0 Å². The Kier molecular flexibility index (Phi) is 5.69. The van der Waals surface area contributed by atoms with Crippen LogP contribution in [0.3, 0.4) is 0 Å². The molecule has 0 unspecified atom stereocenters. The first-order valence-corrected chi connectivity index (χ1v) is 10.8. The molecule has 0 spiro atoms. The fraction of sp³-hybridized carbons (Fsp3) is 1.00. The van der Waals surface area contributed by atoms with Gasteiger partial charge < -0.3 is 49.4 Å². The van der Waals surface area contributed by atoms with E-state index < -0.39 is 47.0 Å². The quantitative estimate of drug-likeness (QED) is 0.206. The molecule has 0 aromatic heterocycles. The third-order valence-electron chi connectivity index (χ3n) is 2.34. The third kappa shape index (κ3) is 3.89. The van der Waals surface area contributed by atoms with Crippen LogP contribution in [-0.2, 0) is 18.3 Å². The third-order valence-corrected chi connectivity index (χ3v) is 9.83. The number of hydrogen-bond donors (Lipinski definition) is 10. The maximum Gasteiger partial charge on any atom is 0.369 e. The fourth-order valence-corrected chi connectivity index (χ4v) is 6.02. The Bertz CT molecular complexity index is 485. The van der Waals surface area contributed by atoms with E-state index >= 15 is 0 Å². The van der Waals surface area contributed by atoms with E-state index in [-0.39, 0.29) is 0 Å². The lowest BCUT2D eigenvalue weighted by molar-refractivity contribution is 0.0515. The monoisotopic (exact) mass is 396 g/mol. The predicted molar refractivity (Wildman–Crippen MR) is 62.7 cm³/mol. The van der Waals surface area contributed by atoms with Gasteiger partial charge in [-0.3, -0.25) is 18.3 Å². The molecule has 18 heteroatoms. The topological polar surface area (TPSA) is 271 Å². The van der Waals surface area contributed by atoms with Crippen molar-refractivity contribution in [2.45, 2.75) is 16.6 Å². The lowest BCUT2D eigenvalue weighted by Crippen LogP contribution is -2.41. The molecule has 0 heterocycles. The largest absolute Gasteiger partial charge is 0.369 e.